The molecule has 0 fully saturated rings. The van der Waals surface area contributed by atoms with Gasteiger partial charge in [0.05, 0.1) is 6.61 Å². The number of halogens is 1. The highest BCUT2D eigenvalue weighted by Gasteiger charge is 2.03. The first kappa shape index (κ1) is 9.91. The molecule has 1 atom stereocenters. The van der Waals surface area contributed by atoms with E-state index in [0.717, 1.165) is 0 Å². The summed E-state index contributed by atoms with van der Waals surface area (Å²) in [4.78, 5) is 10.8. The van der Waals surface area contributed by atoms with Crippen LogP contribution in [0.3, 0.4) is 0 Å². The van der Waals surface area contributed by atoms with Crippen molar-refractivity contribution in [3.8, 4) is 0 Å². The molecule has 0 radical (unpaired) electrons. The number of aliphatic hydroxyl groups excluding tert-OH is 1. The SMILES string of the molecule is C[C@H](CO)NC(=O)CCBr. The molecule has 4 heteroatoms. The molecule has 10 heavy (non-hydrogen) atoms. The van der Waals surface area contributed by atoms with Crippen molar-refractivity contribution in [3.63, 3.8) is 0 Å². The fraction of sp³-hybridized carbons (Fsp3) is 0.833. The van der Waals surface area contributed by atoms with Crippen molar-refractivity contribution in [1.29, 1.82) is 0 Å². The molecule has 0 aliphatic carbocycles. The molecular formula is C6H12BrNO2. The van der Waals surface area contributed by atoms with Gasteiger partial charge in [-0.2, -0.15) is 0 Å². The number of carbonyl (C=O) groups is 1. The maximum Gasteiger partial charge on any atom is 0.221 e. The lowest BCUT2D eigenvalue weighted by molar-refractivity contribution is -0.121. The first-order valence-corrected chi connectivity index (χ1v) is 4.29. The van der Waals surface area contributed by atoms with Crippen LogP contribution in [0.2, 0.25) is 0 Å². The summed E-state index contributed by atoms with van der Waals surface area (Å²) < 4.78 is 0. The second-order valence-corrected chi connectivity index (χ2v) is 2.88. The largest absolute Gasteiger partial charge is 0.394 e. The third kappa shape index (κ3) is 4.76. The summed E-state index contributed by atoms with van der Waals surface area (Å²) >= 11 is 3.14. The Hall–Kier alpha value is -0.0900. The fourth-order valence-corrected chi connectivity index (χ4v) is 0.839. The number of alkyl halides is 1. The highest BCUT2D eigenvalue weighted by molar-refractivity contribution is 9.09. The number of hydrogen-bond donors (Lipinski definition) is 2. The standard InChI is InChI=1S/C6H12BrNO2/c1-5(4-9)8-6(10)2-3-7/h5,9H,2-4H2,1H3,(H,8,10)/t5-/m1/s1. The minimum atomic E-state index is -0.133. The molecule has 0 unspecified atom stereocenters. The molecule has 0 bridgehead atoms. The van der Waals surface area contributed by atoms with E-state index in [0.29, 0.717) is 11.8 Å². The second kappa shape index (κ2) is 5.68. The van der Waals surface area contributed by atoms with Crippen molar-refractivity contribution >= 4 is 21.8 Å². The van der Waals surface area contributed by atoms with E-state index in [9.17, 15) is 4.79 Å². The number of amides is 1. The molecule has 0 rings (SSSR count). The summed E-state index contributed by atoms with van der Waals surface area (Å²) in [6.07, 6.45) is 0.463. The van der Waals surface area contributed by atoms with E-state index < -0.39 is 0 Å². The molecule has 0 aliphatic heterocycles. The van der Waals surface area contributed by atoms with Gasteiger partial charge < -0.3 is 10.4 Å². The third-order valence-electron chi connectivity index (χ3n) is 1.00. The maximum absolute atomic E-state index is 10.8. The minimum Gasteiger partial charge on any atom is -0.394 e. The first-order chi connectivity index (χ1) is 4.70. The minimum absolute atomic E-state index is 0.00593. The summed E-state index contributed by atoms with van der Waals surface area (Å²) in [6.45, 7) is 1.75. The van der Waals surface area contributed by atoms with Crippen molar-refractivity contribution in [2.45, 2.75) is 19.4 Å². The van der Waals surface area contributed by atoms with Gasteiger partial charge in [-0.3, -0.25) is 4.79 Å². The van der Waals surface area contributed by atoms with E-state index in [-0.39, 0.29) is 18.6 Å². The number of nitrogens with one attached hydrogen (secondary N) is 1. The normalized spacial score (nSPS) is 12.7. The summed E-state index contributed by atoms with van der Waals surface area (Å²) in [5.74, 6) is -0.0292. The molecular weight excluding hydrogens is 198 g/mol. The van der Waals surface area contributed by atoms with Crippen LogP contribution in [0, 0.1) is 0 Å². The fourth-order valence-electron chi connectivity index (χ4n) is 0.478. The smallest absolute Gasteiger partial charge is 0.221 e. The second-order valence-electron chi connectivity index (χ2n) is 2.09. The Morgan fingerprint density at radius 1 is 1.80 bits per heavy atom. The summed E-state index contributed by atoms with van der Waals surface area (Å²) in [7, 11) is 0. The average molecular weight is 210 g/mol. The predicted octanol–water partition coefficient (Wildman–Crippen LogP) is 0.268. The van der Waals surface area contributed by atoms with E-state index in [4.69, 9.17) is 5.11 Å². The highest BCUT2D eigenvalue weighted by Crippen LogP contribution is 1.88. The monoisotopic (exact) mass is 209 g/mol. The Morgan fingerprint density at radius 2 is 2.40 bits per heavy atom. The van der Waals surface area contributed by atoms with Crippen molar-refractivity contribution in [2.24, 2.45) is 0 Å². The molecule has 0 saturated heterocycles. The van der Waals surface area contributed by atoms with Gasteiger partial charge in [0.2, 0.25) is 5.91 Å². The lowest BCUT2D eigenvalue weighted by atomic mass is 10.3. The van der Waals surface area contributed by atoms with Crippen LogP contribution in [-0.2, 0) is 4.79 Å². The van der Waals surface area contributed by atoms with Crippen LogP contribution in [0.15, 0.2) is 0 Å². The lowest BCUT2D eigenvalue weighted by Gasteiger charge is -2.08. The third-order valence-corrected chi connectivity index (χ3v) is 1.40. The Kier molecular flexibility index (Phi) is 5.63. The lowest BCUT2D eigenvalue weighted by Crippen LogP contribution is -2.34. The van der Waals surface area contributed by atoms with Crippen molar-refractivity contribution in [3.05, 3.63) is 0 Å². The zero-order valence-electron chi connectivity index (χ0n) is 5.93. The predicted molar refractivity (Wildman–Crippen MR) is 43.1 cm³/mol. The molecule has 0 aromatic rings. The van der Waals surface area contributed by atoms with Crippen LogP contribution in [0.4, 0.5) is 0 Å². The number of carbonyl (C=O) groups excluding carboxylic acids is 1. The quantitative estimate of drug-likeness (QED) is 0.654. The van der Waals surface area contributed by atoms with E-state index in [1.807, 2.05) is 0 Å². The van der Waals surface area contributed by atoms with E-state index in [2.05, 4.69) is 21.2 Å². The van der Waals surface area contributed by atoms with Crippen molar-refractivity contribution in [1.82, 2.24) is 5.32 Å². The summed E-state index contributed by atoms with van der Waals surface area (Å²) in [5, 5.41) is 11.8. The van der Waals surface area contributed by atoms with Gasteiger partial charge in [-0.25, -0.2) is 0 Å². The molecule has 0 heterocycles. The Labute approximate surface area is 68.9 Å². The van der Waals surface area contributed by atoms with Crippen molar-refractivity contribution < 1.29 is 9.90 Å². The van der Waals surface area contributed by atoms with E-state index in [1.54, 1.807) is 6.92 Å². The van der Waals surface area contributed by atoms with E-state index in [1.165, 1.54) is 0 Å². The van der Waals surface area contributed by atoms with Crippen LogP contribution in [-0.4, -0.2) is 29.0 Å². The van der Waals surface area contributed by atoms with Gasteiger partial charge in [0, 0.05) is 17.8 Å². The van der Waals surface area contributed by atoms with Crippen LogP contribution in [0.1, 0.15) is 13.3 Å². The molecule has 1 amide bonds. The molecule has 2 N–H and O–H groups in total. The molecule has 3 nitrogen and oxygen atoms in total. The van der Waals surface area contributed by atoms with Gasteiger partial charge >= 0.3 is 0 Å². The zero-order chi connectivity index (χ0) is 7.98. The summed E-state index contributed by atoms with van der Waals surface area (Å²) in [5.41, 5.74) is 0. The number of aliphatic hydroxyl groups is 1. The van der Waals surface area contributed by atoms with Gasteiger partial charge in [0.1, 0.15) is 0 Å². The van der Waals surface area contributed by atoms with Crippen LogP contribution in [0.25, 0.3) is 0 Å². The highest BCUT2D eigenvalue weighted by atomic mass is 79.9. The average Bonchev–Trinajstić information content (AvgIpc) is 1.88. The van der Waals surface area contributed by atoms with Gasteiger partial charge in [0.15, 0.2) is 0 Å². The Balaban J connectivity index is 3.37. The zero-order valence-corrected chi connectivity index (χ0v) is 7.52. The Morgan fingerprint density at radius 3 is 2.80 bits per heavy atom. The Bertz CT molecular complexity index is 108. The first-order valence-electron chi connectivity index (χ1n) is 3.17. The molecule has 60 valence electrons. The van der Waals surface area contributed by atoms with Crippen LogP contribution >= 0.6 is 15.9 Å². The molecule has 0 aromatic carbocycles. The topological polar surface area (TPSA) is 49.3 Å². The summed E-state index contributed by atoms with van der Waals surface area (Å²) in [6, 6.07) is -0.133. The van der Waals surface area contributed by atoms with Crippen LogP contribution in [0.5, 0.6) is 0 Å². The number of hydrogen-bond acceptors (Lipinski definition) is 2. The van der Waals surface area contributed by atoms with Gasteiger partial charge in [-0.15, -0.1) is 0 Å². The van der Waals surface area contributed by atoms with Gasteiger partial charge in [-0.05, 0) is 6.92 Å². The van der Waals surface area contributed by atoms with Crippen LogP contribution < -0.4 is 5.32 Å². The van der Waals surface area contributed by atoms with E-state index >= 15 is 0 Å². The molecule has 0 aliphatic rings. The molecule has 0 spiro atoms. The maximum atomic E-state index is 10.8. The number of rotatable bonds is 4. The molecule has 0 aromatic heterocycles. The van der Waals surface area contributed by atoms with Crippen molar-refractivity contribution in [2.75, 3.05) is 11.9 Å². The molecule has 0 saturated carbocycles. The van der Waals surface area contributed by atoms with Gasteiger partial charge in [0.25, 0.3) is 0 Å². The van der Waals surface area contributed by atoms with Gasteiger partial charge in [-0.1, -0.05) is 15.9 Å².